The van der Waals surface area contributed by atoms with Crippen LogP contribution in [0.1, 0.15) is 20.8 Å². The fraction of sp³-hybridized carbons (Fsp3) is 0.444. The van der Waals surface area contributed by atoms with Gasteiger partial charge in [0.1, 0.15) is 0 Å². The van der Waals surface area contributed by atoms with Crippen molar-refractivity contribution in [2.24, 2.45) is 15.9 Å². The fourth-order valence-corrected chi connectivity index (χ4v) is 0.750. The molecule has 0 aromatic carbocycles. The molecule has 2 nitrogen and oxygen atoms in total. The van der Waals surface area contributed by atoms with Crippen molar-refractivity contribution >= 4 is 11.6 Å². The summed E-state index contributed by atoms with van der Waals surface area (Å²) >= 11 is 0. The Morgan fingerprint density at radius 1 is 1.45 bits per heavy atom. The molecule has 0 aliphatic carbocycles. The number of rotatable bonds is 1. The normalized spacial score (nSPS) is 16.4. The zero-order chi connectivity index (χ0) is 8.27. The van der Waals surface area contributed by atoms with Gasteiger partial charge in [-0.1, -0.05) is 13.8 Å². The van der Waals surface area contributed by atoms with Crippen LogP contribution in [0.25, 0.3) is 0 Å². The molecule has 0 bridgehead atoms. The summed E-state index contributed by atoms with van der Waals surface area (Å²) in [6.07, 6.45) is 3.60. The molecule has 0 saturated carbocycles. The van der Waals surface area contributed by atoms with Crippen molar-refractivity contribution in [3.63, 3.8) is 0 Å². The summed E-state index contributed by atoms with van der Waals surface area (Å²) in [6, 6.07) is 0. The van der Waals surface area contributed by atoms with E-state index >= 15 is 0 Å². The molecular formula is C9H12N2. The maximum Gasteiger partial charge on any atom is 0.0655 e. The van der Waals surface area contributed by atoms with Gasteiger partial charge in [0.15, 0.2) is 0 Å². The first-order chi connectivity index (χ1) is 5.20. The zero-order valence-electron chi connectivity index (χ0n) is 7.13. The highest BCUT2D eigenvalue weighted by atomic mass is 14.8. The van der Waals surface area contributed by atoms with Crippen LogP contribution in [-0.2, 0) is 0 Å². The first-order valence-electron chi connectivity index (χ1n) is 3.74. The molecule has 0 spiro atoms. The smallest absolute Gasteiger partial charge is 0.0655 e. The molecule has 0 amide bonds. The quantitative estimate of drug-likeness (QED) is 0.544. The highest BCUT2D eigenvalue weighted by molar-refractivity contribution is 6.03. The molecule has 0 fully saturated rings. The SMILES string of the molecule is CC1=CN=C(C(C)C)C=C=N1. The second kappa shape index (κ2) is 3.31. The third-order valence-corrected chi connectivity index (χ3v) is 1.45. The Hall–Kier alpha value is -1.14. The molecule has 0 radical (unpaired) electrons. The van der Waals surface area contributed by atoms with Gasteiger partial charge < -0.3 is 0 Å². The van der Waals surface area contributed by atoms with Crippen LogP contribution in [0.5, 0.6) is 0 Å². The van der Waals surface area contributed by atoms with Crippen LogP contribution in [0.4, 0.5) is 0 Å². The van der Waals surface area contributed by atoms with E-state index in [2.05, 4.69) is 29.7 Å². The van der Waals surface area contributed by atoms with Gasteiger partial charge in [0.2, 0.25) is 0 Å². The average Bonchev–Trinajstić information content (AvgIpc) is 2.13. The molecular weight excluding hydrogens is 136 g/mol. The summed E-state index contributed by atoms with van der Waals surface area (Å²) in [5.74, 6) is 3.27. The third kappa shape index (κ3) is 2.17. The lowest BCUT2D eigenvalue weighted by Crippen LogP contribution is -2.02. The zero-order valence-corrected chi connectivity index (χ0v) is 7.13. The van der Waals surface area contributed by atoms with Crippen molar-refractivity contribution in [3.05, 3.63) is 18.0 Å². The van der Waals surface area contributed by atoms with E-state index in [4.69, 9.17) is 0 Å². The van der Waals surface area contributed by atoms with E-state index in [0.29, 0.717) is 5.92 Å². The maximum atomic E-state index is 4.25. The van der Waals surface area contributed by atoms with E-state index < -0.39 is 0 Å². The number of hydrogen-bond acceptors (Lipinski definition) is 2. The Bertz CT molecular complexity index is 263. The van der Waals surface area contributed by atoms with Crippen LogP contribution >= 0.6 is 0 Å². The standard InChI is InChI=1S/C9H12N2/c1-7(2)9-4-5-10-8(3)6-11-9/h4,6-7H,1-3H3. The van der Waals surface area contributed by atoms with Gasteiger partial charge in [0, 0.05) is 12.3 Å². The van der Waals surface area contributed by atoms with Crippen LogP contribution in [0, 0.1) is 5.92 Å². The Balaban J connectivity index is 2.94. The number of nitrogens with zero attached hydrogens (tertiary/aromatic N) is 2. The molecule has 1 heterocycles. The van der Waals surface area contributed by atoms with Crippen LogP contribution in [0.15, 0.2) is 28.0 Å². The maximum absolute atomic E-state index is 4.25. The first kappa shape index (κ1) is 7.96. The van der Waals surface area contributed by atoms with Crippen molar-refractivity contribution in [1.82, 2.24) is 0 Å². The molecule has 2 heteroatoms. The van der Waals surface area contributed by atoms with Gasteiger partial charge in [-0.25, -0.2) is 4.99 Å². The van der Waals surface area contributed by atoms with Crippen LogP contribution < -0.4 is 0 Å². The minimum Gasteiger partial charge on any atom is -0.258 e. The molecule has 0 saturated heterocycles. The predicted octanol–water partition coefficient (Wildman–Crippen LogP) is 2.18. The second-order valence-corrected chi connectivity index (χ2v) is 2.86. The van der Waals surface area contributed by atoms with Crippen molar-refractivity contribution in [2.45, 2.75) is 20.8 Å². The molecule has 0 N–H and O–H groups in total. The van der Waals surface area contributed by atoms with Crippen molar-refractivity contribution in [3.8, 4) is 0 Å². The van der Waals surface area contributed by atoms with Crippen LogP contribution in [-0.4, -0.2) is 11.6 Å². The van der Waals surface area contributed by atoms with Crippen molar-refractivity contribution in [1.29, 1.82) is 0 Å². The van der Waals surface area contributed by atoms with Gasteiger partial charge in [0.25, 0.3) is 0 Å². The molecule has 0 unspecified atom stereocenters. The Kier molecular flexibility index (Phi) is 2.40. The highest BCUT2D eigenvalue weighted by Gasteiger charge is 2.00. The topological polar surface area (TPSA) is 24.7 Å². The third-order valence-electron chi connectivity index (χ3n) is 1.45. The molecule has 0 aromatic heterocycles. The van der Waals surface area contributed by atoms with E-state index in [1.165, 1.54) is 0 Å². The number of hydrogen-bond donors (Lipinski definition) is 0. The van der Waals surface area contributed by atoms with Gasteiger partial charge >= 0.3 is 0 Å². The minimum absolute atomic E-state index is 0.444. The minimum atomic E-state index is 0.444. The summed E-state index contributed by atoms with van der Waals surface area (Å²) in [4.78, 5) is 8.24. The summed E-state index contributed by atoms with van der Waals surface area (Å²) < 4.78 is 0. The lowest BCUT2D eigenvalue weighted by Gasteiger charge is -1.99. The molecule has 1 aliphatic rings. The Labute approximate surface area is 67.1 Å². The number of aliphatic imine (C=N–C) groups is 2. The summed E-state index contributed by atoms with van der Waals surface area (Å²) in [6.45, 7) is 6.12. The Morgan fingerprint density at radius 3 is 2.82 bits per heavy atom. The van der Waals surface area contributed by atoms with E-state index in [1.807, 2.05) is 13.0 Å². The van der Waals surface area contributed by atoms with Gasteiger partial charge in [-0.05, 0) is 18.7 Å². The molecule has 58 valence electrons. The average molecular weight is 148 g/mol. The monoisotopic (exact) mass is 148 g/mol. The van der Waals surface area contributed by atoms with E-state index in [1.54, 1.807) is 6.20 Å². The summed E-state index contributed by atoms with van der Waals surface area (Å²) in [5.41, 5.74) is 1.93. The van der Waals surface area contributed by atoms with Crippen LogP contribution in [0.3, 0.4) is 0 Å². The van der Waals surface area contributed by atoms with Gasteiger partial charge in [0.05, 0.1) is 11.4 Å². The number of allylic oxidation sites excluding steroid dienone is 2. The van der Waals surface area contributed by atoms with Gasteiger partial charge in [-0.3, -0.25) is 4.99 Å². The van der Waals surface area contributed by atoms with Gasteiger partial charge in [-0.2, -0.15) is 0 Å². The summed E-state index contributed by atoms with van der Waals surface area (Å²) in [5, 5.41) is 0. The first-order valence-corrected chi connectivity index (χ1v) is 3.74. The van der Waals surface area contributed by atoms with Crippen molar-refractivity contribution in [2.75, 3.05) is 0 Å². The summed E-state index contributed by atoms with van der Waals surface area (Å²) in [7, 11) is 0. The van der Waals surface area contributed by atoms with E-state index in [-0.39, 0.29) is 0 Å². The van der Waals surface area contributed by atoms with E-state index in [0.717, 1.165) is 11.4 Å². The highest BCUT2D eigenvalue weighted by Crippen LogP contribution is 2.03. The lowest BCUT2D eigenvalue weighted by molar-refractivity contribution is 0.889. The van der Waals surface area contributed by atoms with Gasteiger partial charge in [-0.15, -0.1) is 0 Å². The van der Waals surface area contributed by atoms with Crippen LogP contribution in [0.2, 0.25) is 0 Å². The predicted molar refractivity (Wildman–Crippen MR) is 48.0 cm³/mol. The molecule has 1 rings (SSSR count). The lowest BCUT2D eigenvalue weighted by atomic mass is 10.1. The molecule has 11 heavy (non-hydrogen) atoms. The molecule has 1 aliphatic heterocycles. The van der Waals surface area contributed by atoms with E-state index in [9.17, 15) is 0 Å². The van der Waals surface area contributed by atoms with Crippen molar-refractivity contribution < 1.29 is 0 Å². The second-order valence-electron chi connectivity index (χ2n) is 2.86. The Morgan fingerprint density at radius 2 is 2.18 bits per heavy atom. The molecule has 0 atom stereocenters. The molecule has 0 aromatic rings. The fourth-order valence-electron chi connectivity index (χ4n) is 0.750. The largest absolute Gasteiger partial charge is 0.258 e.